The lowest BCUT2D eigenvalue weighted by atomic mass is 9.95. The smallest absolute Gasteiger partial charge is 0.263 e. The van der Waals surface area contributed by atoms with E-state index in [9.17, 15) is 19.4 Å². The lowest BCUT2D eigenvalue weighted by Gasteiger charge is -2.36. The van der Waals surface area contributed by atoms with E-state index in [2.05, 4.69) is 11.9 Å². The van der Waals surface area contributed by atoms with Crippen molar-refractivity contribution in [1.29, 1.82) is 0 Å². The van der Waals surface area contributed by atoms with E-state index in [4.69, 9.17) is 9.84 Å². The van der Waals surface area contributed by atoms with Crippen molar-refractivity contribution in [3.63, 3.8) is 0 Å². The van der Waals surface area contributed by atoms with Crippen LogP contribution in [0.2, 0.25) is 0 Å². The molecule has 4 atom stereocenters. The second-order valence-corrected chi connectivity index (χ2v) is 4.70. The molecule has 0 aromatic rings. The Balaban J connectivity index is 2.33. The monoisotopic (exact) mass is 274 g/mol. The topological polar surface area (TPSA) is 102 Å². The SMILES string of the molecule is C=C1NC(=O)C=CN1[C@@H]1O[C@](F)(CO)[C@@H](O)[C@@]1(C)O. The molecule has 2 aliphatic heterocycles. The molecule has 4 N–H and O–H groups in total. The highest BCUT2D eigenvalue weighted by molar-refractivity contribution is 5.89. The Bertz CT molecular complexity index is 452. The van der Waals surface area contributed by atoms with Crippen LogP contribution in [0.15, 0.2) is 24.7 Å². The van der Waals surface area contributed by atoms with Crippen molar-refractivity contribution < 1.29 is 29.2 Å². The number of ether oxygens (including phenoxy) is 1. The first kappa shape index (κ1) is 13.9. The Hall–Kier alpha value is -1.48. The minimum Gasteiger partial charge on any atom is -0.390 e. The van der Waals surface area contributed by atoms with Gasteiger partial charge in [0.1, 0.15) is 24.1 Å². The lowest BCUT2D eigenvalue weighted by Crippen LogP contribution is -2.54. The van der Waals surface area contributed by atoms with E-state index in [0.29, 0.717) is 0 Å². The van der Waals surface area contributed by atoms with Gasteiger partial charge in [-0.15, -0.1) is 0 Å². The summed E-state index contributed by atoms with van der Waals surface area (Å²) in [5, 5.41) is 31.2. The average Bonchev–Trinajstić information content (AvgIpc) is 2.51. The molecule has 0 spiro atoms. The third kappa shape index (κ3) is 2.02. The summed E-state index contributed by atoms with van der Waals surface area (Å²) in [6, 6.07) is 0. The first-order chi connectivity index (χ1) is 8.72. The molecule has 2 aliphatic rings. The Morgan fingerprint density at radius 1 is 1.68 bits per heavy atom. The van der Waals surface area contributed by atoms with Gasteiger partial charge in [0.2, 0.25) is 0 Å². The zero-order valence-corrected chi connectivity index (χ0v) is 10.2. The number of rotatable bonds is 2. The molecule has 7 nitrogen and oxygen atoms in total. The molecule has 19 heavy (non-hydrogen) atoms. The van der Waals surface area contributed by atoms with Crippen LogP contribution in [0.5, 0.6) is 0 Å². The summed E-state index contributed by atoms with van der Waals surface area (Å²) < 4.78 is 19.0. The van der Waals surface area contributed by atoms with Gasteiger partial charge in [0.25, 0.3) is 11.8 Å². The largest absolute Gasteiger partial charge is 0.390 e. The number of hydrogen-bond donors (Lipinski definition) is 4. The van der Waals surface area contributed by atoms with Crippen LogP contribution >= 0.6 is 0 Å². The zero-order chi connectivity index (χ0) is 14.4. The van der Waals surface area contributed by atoms with Gasteiger partial charge in [0, 0.05) is 12.3 Å². The summed E-state index contributed by atoms with van der Waals surface area (Å²) in [5.74, 6) is -3.15. The second-order valence-electron chi connectivity index (χ2n) is 4.70. The molecule has 106 valence electrons. The molecule has 0 bridgehead atoms. The van der Waals surface area contributed by atoms with Crippen molar-refractivity contribution >= 4 is 5.91 Å². The number of alkyl halides is 1. The van der Waals surface area contributed by atoms with Crippen LogP contribution in [0.25, 0.3) is 0 Å². The van der Waals surface area contributed by atoms with Gasteiger partial charge >= 0.3 is 0 Å². The predicted octanol–water partition coefficient (Wildman–Crippen LogP) is -1.47. The van der Waals surface area contributed by atoms with E-state index in [1.807, 2.05) is 0 Å². The third-order valence-corrected chi connectivity index (χ3v) is 3.20. The van der Waals surface area contributed by atoms with Crippen molar-refractivity contribution in [3.05, 3.63) is 24.7 Å². The fourth-order valence-electron chi connectivity index (χ4n) is 2.11. The van der Waals surface area contributed by atoms with Gasteiger partial charge in [-0.1, -0.05) is 6.58 Å². The average molecular weight is 274 g/mol. The molecule has 0 unspecified atom stereocenters. The second kappa shape index (κ2) is 4.27. The van der Waals surface area contributed by atoms with Crippen molar-refractivity contribution in [2.24, 2.45) is 0 Å². The maximum atomic E-state index is 14.1. The van der Waals surface area contributed by atoms with Crippen molar-refractivity contribution in [1.82, 2.24) is 10.2 Å². The standard InChI is InChI=1S/C11H15FN2O5/c1-6-13-7(16)3-4-14(6)9-10(2,18)8(17)11(12,5-15)19-9/h3-4,8-9,15,17-18H,1,5H2,2H3,(H,13,16)/t8-,9+,10+,11+/m0/s1. The Labute approximate surface area is 108 Å². The van der Waals surface area contributed by atoms with E-state index < -0.39 is 36.3 Å². The molecule has 0 saturated carbocycles. The summed E-state index contributed by atoms with van der Waals surface area (Å²) in [5.41, 5.74) is -2.01. The van der Waals surface area contributed by atoms with E-state index >= 15 is 0 Å². The summed E-state index contributed by atoms with van der Waals surface area (Å²) in [6.07, 6.45) is -0.911. The summed E-state index contributed by atoms with van der Waals surface area (Å²) in [4.78, 5) is 12.3. The molecule has 0 aromatic carbocycles. The van der Waals surface area contributed by atoms with Crippen LogP contribution in [0.3, 0.4) is 0 Å². The number of nitrogens with one attached hydrogen (secondary N) is 1. The quantitative estimate of drug-likeness (QED) is 0.490. The summed E-state index contributed by atoms with van der Waals surface area (Å²) in [6.45, 7) is 3.59. The Morgan fingerprint density at radius 2 is 2.32 bits per heavy atom. The fourth-order valence-corrected chi connectivity index (χ4v) is 2.11. The molecule has 0 aromatic heterocycles. The van der Waals surface area contributed by atoms with Gasteiger partial charge in [-0.25, -0.2) is 4.39 Å². The van der Waals surface area contributed by atoms with Gasteiger partial charge in [-0.2, -0.15) is 0 Å². The number of carbonyl (C=O) groups is 1. The van der Waals surface area contributed by atoms with Crippen LogP contribution in [-0.2, 0) is 9.53 Å². The number of aliphatic hydroxyl groups is 3. The lowest BCUT2D eigenvalue weighted by molar-refractivity contribution is -0.210. The summed E-state index contributed by atoms with van der Waals surface area (Å²) >= 11 is 0. The highest BCUT2D eigenvalue weighted by Crippen LogP contribution is 2.41. The van der Waals surface area contributed by atoms with Crippen LogP contribution < -0.4 is 5.32 Å². The Kier molecular flexibility index (Phi) is 3.13. The molecule has 0 aliphatic carbocycles. The van der Waals surface area contributed by atoms with E-state index in [1.165, 1.54) is 11.1 Å². The van der Waals surface area contributed by atoms with E-state index in [1.54, 1.807) is 0 Å². The number of halogens is 1. The van der Waals surface area contributed by atoms with Crippen LogP contribution in [0.4, 0.5) is 4.39 Å². The third-order valence-electron chi connectivity index (χ3n) is 3.20. The minimum absolute atomic E-state index is 0.0622. The maximum Gasteiger partial charge on any atom is 0.263 e. The van der Waals surface area contributed by atoms with E-state index in [-0.39, 0.29) is 5.82 Å². The fraction of sp³-hybridized carbons (Fsp3) is 0.545. The van der Waals surface area contributed by atoms with Crippen LogP contribution in [0, 0.1) is 0 Å². The molecule has 8 heteroatoms. The van der Waals surface area contributed by atoms with Gasteiger partial charge < -0.3 is 30.3 Å². The molecule has 2 rings (SSSR count). The van der Waals surface area contributed by atoms with Crippen LogP contribution in [0.1, 0.15) is 6.92 Å². The normalized spacial score (nSPS) is 42.7. The molecule has 1 fully saturated rings. The van der Waals surface area contributed by atoms with E-state index in [0.717, 1.165) is 13.0 Å². The molecular formula is C11H15FN2O5. The zero-order valence-electron chi connectivity index (χ0n) is 10.2. The highest BCUT2D eigenvalue weighted by Gasteiger charge is 2.63. The molecule has 1 amide bonds. The first-order valence-corrected chi connectivity index (χ1v) is 5.57. The van der Waals surface area contributed by atoms with Crippen molar-refractivity contribution in [2.45, 2.75) is 30.7 Å². The molecule has 2 heterocycles. The predicted molar refractivity (Wildman–Crippen MR) is 60.7 cm³/mol. The van der Waals surface area contributed by atoms with Gasteiger partial charge in [0.05, 0.1) is 0 Å². The van der Waals surface area contributed by atoms with Gasteiger partial charge in [0.15, 0.2) is 6.23 Å². The number of aliphatic hydroxyl groups excluding tert-OH is 2. The molecular weight excluding hydrogens is 259 g/mol. The van der Waals surface area contributed by atoms with Gasteiger partial charge in [-0.3, -0.25) is 4.79 Å². The molecule has 1 saturated heterocycles. The number of hydrogen-bond acceptors (Lipinski definition) is 6. The van der Waals surface area contributed by atoms with Crippen molar-refractivity contribution in [2.75, 3.05) is 6.61 Å². The van der Waals surface area contributed by atoms with Crippen molar-refractivity contribution in [3.8, 4) is 0 Å². The number of carbonyl (C=O) groups excluding carboxylic acids is 1. The number of nitrogens with zero attached hydrogens (tertiary/aromatic N) is 1. The van der Waals surface area contributed by atoms with Gasteiger partial charge in [-0.05, 0) is 6.92 Å². The number of amides is 1. The molecule has 0 radical (unpaired) electrons. The highest BCUT2D eigenvalue weighted by atomic mass is 19.2. The van der Waals surface area contributed by atoms with Crippen LogP contribution in [-0.4, -0.2) is 56.5 Å². The summed E-state index contributed by atoms with van der Waals surface area (Å²) in [7, 11) is 0. The Morgan fingerprint density at radius 3 is 2.79 bits per heavy atom. The first-order valence-electron chi connectivity index (χ1n) is 5.57. The maximum absolute atomic E-state index is 14.1. The minimum atomic E-state index is -2.79.